The van der Waals surface area contributed by atoms with Gasteiger partial charge in [-0.05, 0) is 19.1 Å². The molecule has 0 bridgehead atoms. The first kappa shape index (κ1) is 12.5. The Bertz CT molecular complexity index is 396. The fraction of sp³-hybridized carbons (Fsp3) is 0.333. The van der Waals surface area contributed by atoms with Crippen LogP contribution in [-0.2, 0) is 4.74 Å². The largest absolute Gasteiger partial charge is 0.467 e. The van der Waals surface area contributed by atoms with E-state index in [0.717, 1.165) is 0 Å². The molecule has 0 spiro atoms. The van der Waals surface area contributed by atoms with Crippen molar-refractivity contribution in [1.82, 2.24) is 0 Å². The molecule has 0 heterocycles. The molecule has 0 aromatic heterocycles. The molecule has 1 aromatic rings. The third-order valence-corrected chi connectivity index (χ3v) is 1.72. The Morgan fingerprint density at radius 2 is 2.19 bits per heavy atom. The first-order valence-electron chi connectivity index (χ1n) is 4.96. The van der Waals surface area contributed by atoms with Crippen LogP contribution < -0.4 is 10.5 Å². The van der Waals surface area contributed by atoms with Gasteiger partial charge in [-0.1, -0.05) is 11.8 Å². The summed E-state index contributed by atoms with van der Waals surface area (Å²) in [7, 11) is 0. The molecule has 2 N–H and O–H groups in total. The maximum atomic E-state index is 13.1. The third-order valence-electron chi connectivity index (χ3n) is 1.72. The third kappa shape index (κ3) is 4.30. The lowest BCUT2D eigenvalue weighted by molar-refractivity contribution is 0.0222. The fourth-order valence-corrected chi connectivity index (χ4v) is 1.06. The standard InChI is InChI=1S/C12H14FNO2/c1-2-15-9-16-12-7-10(4-3-5-14)6-11(13)8-12/h6-8H,2,5,9,14H2,1H3. The van der Waals surface area contributed by atoms with Crippen LogP contribution in [0.4, 0.5) is 4.39 Å². The van der Waals surface area contributed by atoms with Crippen LogP contribution in [0.1, 0.15) is 12.5 Å². The summed E-state index contributed by atoms with van der Waals surface area (Å²) in [5, 5.41) is 0. The summed E-state index contributed by atoms with van der Waals surface area (Å²) in [5.41, 5.74) is 5.77. The van der Waals surface area contributed by atoms with Gasteiger partial charge in [0.25, 0.3) is 0 Å². The van der Waals surface area contributed by atoms with Gasteiger partial charge in [0.15, 0.2) is 6.79 Å². The van der Waals surface area contributed by atoms with Gasteiger partial charge < -0.3 is 15.2 Å². The molecule has 0 unspecified atom stereocenters. The van der Waals surface area contributed by atoms with Gasteiger partial charge in [0.05, 0.1) is 6.54 Å². The number of hydrogen-bond acceptors (Lipinski definition) is 3. The molecule has 1 rings (SSSR count). The minimum atomic E-state index is -0.393. The molecule has 0 saturated heterocycles. The van der Waals surface area contributed by atoms with Crippen molar-refractivity contribution in [3.05, 3.63) is 29.6 Å². The maximum absolute atomic E-state index is 13.1. The minimum Gasteiger partial charge on any atom is -0.467 e. The van der Waals surface area contributed by atoms with Crippen molar-refractivity contribution >= 4 is 0 Å². The zero-order chi connectivity index (χ0) is 11.8. The van der Waals surface area contributed by atoms with E-state index in [4.69, 9.17) is 15.2 Å². The molecule has 86 valence electrons. The average molecular weight is 223 g/mol. The first-order chi connectivity index (χ1) is 7.76. The van der Waals surface area contributed by atoms with E-state index in [9.17, 15) is 4.39 Å². The Labute approximate surface area is 94.4 Å². The number of rotatable bonds is 4. The van der Waals surface area contributed by atoms with Crippen molar-refractivity contribution in [2.75, 3.05) is 19.9 Å². The Morgan fingerprint density at radius 3 is 2.88 bits per heavy atom. The fourth-order valence-electron chi connectivity index (χ4n) is 1.06. The summed E-state index contributed by atoms with van der Waals surface area (Å²) >= 11 is 0. The van der Waals surface area contributed by atoms with Crippen molar-refractivity contribution in [2.45, 2.75) is 6.92 Å². The van der Waals surface area contributed by atoms with E-state index in [1.54, 1.807) is 6.07 Å². The topological polar surface area (TPSA) is 44.5 Å². The molecule has 0 radical (unpaired) electrons. The second-order valence-corrected chi connectivity index (χ2v) is 2.94. The van der Waals surface area contributed by atoms with Crippen molar-refractivity contribution < 1.29 is 13.9 Å². The average Bonchev–Trinajstić information content (AvgIpc) is 2.26. The van der Waals surface area contributed by atoms with Crippen LogP contribution in [0.5, 0.6) is 5.75 Å². The van der Waals surface area contributed by atoms with Gasteiger partial charge in [0.2, 0.25) is 0 Å². The van der Waals surface area contributed by atoms with E-state index in [-0.39, 0.29) is 13.3 Å². The highest BCUT2D eigenvalue weighted by atomic mass is 19.1. The molecule has 4 heteroatoms. The summed E-state index contributed by atoms with van der Waals surface area (Å²) in [4.78, 5) is 0. The van der Waals surface area contributed by atoms with E-state index in [0.29, 0.717) is 17.9 Å². The van der Waals surface area contributed by atoms with Crippen LogP contribution in [0.15, 0.2) is 18.2 Å². The minimum absolute atomic E-state index is 0.101. The van der Waals surface area contributed by atoms with Crippen LogP contribution in [0.25, 0.3) is 0 Å². The van der Waals surface area contributed by atoms with Crippen molar-refractivity contribution in [3.63, 3.8) is 0 Å². The Hall–Kier alpha value is -1.57. The van der Waals surface area contributed by atoms with Gasteiger partial charge >= 0.3 is 0 Å². The molecule has 0 atom stereocenters. The molecule has 1 aromatic carbocycles. The highest BCUT2D eigenvalue weighted by Crippen LogP contribution is 2.15. The predicted octanol–water partition coefficient (Wildman–Crippen LogP) is 1.51. The van der Waals surface area contributed by atoms with Crippen molar-refractivity contribution in [2.24, 2.45) is 5.73 Å². The van der Waals surface area contributed by atoms with Crippen molar-refractivity contribution in [3.8, 4) is 17.6 Å². The molecule has 0 aliphatic heterocycles. The number of nitrogens with two attached hydrogens (primary N) is 1. The van der Waals surface area contributed by atoms with E-state index < -0.39 is 5.82 Å². The summed E-state index contributed by atoms with van der Waals surface area (Å²) in [6, 6.07) is 4.26. The van der Waals surface area contributed by atoms with E-state index in [1.807, 2.05) is 6.92 Å². The van der Waals surface area contributed by atoms with Gasteiger partial charge in [0.1, 0.15) is 11.6 Å². The normalized spacial score (nSPS) is 9.44. The Morgan fingerprint density at radius 1 is 1.38 bits per heavy atom. The lowest BCUT2D eigenvalue weighted by Crippen LogP contribution is -2.02. The highest BCUT2D eigenvalue weighted by molar-refractivity contribution is 5.40. The van der Waals surface area contributed by atoms with Gasteiger partial charge in [-0.15, -0.1) is 0 Å². The molecule has 0 fully saturated rings. The van der Waals surface area contributed by atoms with Crippen LogP contribution in [0.3, 0.4) is 0 Å². The molecule has 0 aliphatic carbocycles. The predicted molar refractivity (Wildman–Crippen MR) is 59.5 cm³/mol. The molecule has 0 saturated carbocycles. The lowest BCUT2D eigenvalue weighted by Gasteiger charge is -2.06. The van der Waals surface area contributed by atoms with E-state index in [2.05, 4.69) is 11.8 Å². The van der Waals surface area contributed by atoms with Gasteiger partial charge in [-0.3, -0.25) is 0 Å². The van der Waals surface area contributed by atoms with Crippen LogP contribution in [0.2, 0.25) is 0 Å². The Kier molecular flexibility index (Phi) is 5.34. The van der Waals surface area contributed by atoms with Crippen molar-refractivity contribution in [1.29, 1.82) is 0 Å². The van der Waals surface area contributed by atoms with E-state index >= 15 is 0 Å². The molecular formula is C12H14FNO2. The highest BCUT2D eigenvalue weighted by Gasteiger charge is 2.00. The second-order valence-electron chi connectivity index (χ2n) is 2.94. The van der Waals surface area contributed by atoms with Gasteiger partial charge in [0, 0.05) is 18.2 Å². The second kappa shape index (κ2) is 6.83. The summed E-state index contributed by atoms with van der Waals surface area (Å²) in [6.45, 7) is 2.75. The monoisotopic (exact) mass is 223 g/mol. The zero-order valence-corrected chi connectivity index (χ0v) is 9.13. The maximum Gasteiger partial charge on any atom is 0.189 e. The number of hydrogen-bond donors (Lipinski definition) is 1. The molecule has 3 nitrogen and oxygen atoms in total. The lowest BCUT2D eigenvalue weighted by atomic mass is 10.2. The quantitative estimate of drug-likeness (QED) is 0.478. The number of ether oxygens (including phenoxy) is 2. The van der Waals surface area contributed by atoms with Gasteiger partial charge in [-0.2, -0.15) is 0 Å². The number of halogens is 1. The van der Waals surface area contributed by atoms with Crippen LogP contribution in [-0.4, -0.2) is 19.9 Å². The smallest absolute Gasteiger partial charge is 0.189 e. The summed E-state index contributed by atoms with van der Waals surface area (Å²) in [6.07, 6.45) is 0. The zero-order valence-electron chi connectivity index (χ0n) is 9.13. The SMILES string of the molecule is CCOCOc1cc(F)cc(C#CCN)c1. The summed E-state index contributed by atoms with van der Waals surface area (Å²) < 4.78 is 23.3. The summed E-state index contributed by atoms with van der Waals surface area (Å²) in [5.74, 6) is 5.40. The van der Waals surface area contributed by atoms with Crippen LogP contribution >= 0.6 is 0 Å². The Balaban J connectivity index is 2.73. The molecule has 0 aliphatic rings. The van der Waals surface area contributed by atoms with Gasteiger partial charge in [-0.25, -0.2) is 4.39 Å². The molecular weight excluding hydrogens is 209 g/mol. The van der Waals surface area contributed by atoms with E-state index in [1.165, 1.54) is 12.1 Å². The number of benzene rings is 1. The first-order valence-corrected chi connectivity index (χ1v) is 4.96. The molecule has 16 heavy (non-hydrogen) atoms. The van der Waals surface area contributed by atoms with Crippen LogP contribution in [0, 0.1) is 17.7 Å². The molecule has 0 amide bonds.